The van der Waals surface area contributed by atoms with E-state index in [0.29, 0.717) is 22.2 Å². The first-order valence-electron chi connectivity index (χ1n) is 6.59. The SMILES string of the molecule is CN1CCOC(CCNC(=O)c2ccc(Cl)cc2Cl)C1. The minimum absolute atomic E-state index is 0.176. The van der Waals surface area contributed by atoms with Crippen LogP contribution in [0.3, 0.4) is 0 Å². The van der Waals surface area contributed by atoms with Gasteiger partial charge in [0.05, 0.1) is 23.3 Å². The minimum Gasteiger partial charge on any atom is -0.375 e. The number of nitrogens with zero attached hydrogens (tertiary/aromatic N) is 1. The van der Waals surface area contributed by atoms with E-state index in [0.717, 1.165) is 26.1 Å². The maximum Gasteiger partial charge on any atom is 0.252 e. The molecule has 1 amide bonds. The van der Waals surface area contributed by atoms with E-state index < -0.39 is 0 Å². The van der Waals surface area contributed by atoms with E-state index in [9.17, 15) is 4.79 Å². The van der Waals surface area contributed by atoms with Gasteiger partial charge in [-0.05, 0) is 31.7 Å². The average Bonchev–Trinajstić information content (AvgIpc) is 2.38. The zero-order valence-electron chi connectivity index (χ0n) is 11.4. The van der Waals surface area contributed by atoms with Gasteiger partial charge in [-0.1, -0.05) is 23.2 Å². The molecule has 0 saturated carbocycles. The second-order valence-corrected chi connectivity index (χ2v) is 5.77. The molecule has 6 heteroatoms. The second kappa shape index (κ2) is 7.27. The molecule has 1 atom stereocenters. The number of hydrogen-bond donors (Lipinski definition) is 1. The molecule has 4 nitrogen and oxygen atoms in total. The lowest BCUT2D eigenvalue weighted by Gasteiger charge is -2.30. The lowest BCUT2D eigenvalue weighted by atomic mass is 10.2. The van der Waals surface area contributed by atoms with Crippen molar-refractivity contribution in [3.63, 3.8) is 0 Å². The normalized spacial score (nSPS) is 19.9. The van der Waals surface area contributed by atoms with Crippen LogP contribution < -0.4 is 5.32 Å². The Kier molecular flexibility index (Phi) is 5.66. The molecule has 1 heterocycles. The Balaban J connectivity index is 1.80. The quantitative estimate of drug-likeness (QED) is 0.927. The van der Waals surface area contributed by atoms with Crippen LogP contribution in [0.25, 0.3) is 0 Å². The molecule has 0 radical (unpaired) electrons. The molecule has 1 aromatic carbocycles. The van der Waals surface area contributed by atoms with Crippen LogP contribution in [0.15, 0.2) is 18.2 Å². The molecule has 0 spiro atoms. The molecule has 2 rings (SSSR count). The van der Waals surface area contributed by atoms with Gasteiger partial charge in [-0.25, -0.2) is 0 Å². The lowest BCUT2D eigenvalue weighted by molar-refractivity contribution is -0.0225. The summed E-state index contributed by atoms with van der Waals surface area (Å²) in [7, 11) is 2.07. The van der Waals surface area contributed by atoms with Gasteiger partial charge in [-0.2, -0.15) is 0 Å². The van der Waals surface area contributed by atoms with Crippen LogP contribution >= 0.6 is 23.2 Å². The number of benzene rings is 1. The molecule has 1 N–H and O–H groups in total. The van der Waals surface area contributed by atoms with Crippen LogP contribution in [-0.2, 0) is 4.74 Å². The van der Waals surface area contributed by atoms with E-state index in [2.05, 4.69) is 17.3 Å². The fraction of sp³-hybridized carbons (Fsp3) is 0.500. The van der Waals surface area contributed by atoms with Gasteiger partial charge in [0.15, 0.2) is 0 Å². The molecule has 110 valence electrons. The van der Waals surface area contributed by atoms with Crippen LogP contribution in [0, 0.1) is 0 Å². The summed E-state index contributed by atoms with van der Waals surface area (Å²) in [4.78, 5) is 14.2. The molecule has 0 aromatic heterocycles. The highest BCUT2D eigenvalue weighted by atomic mass is 35.5. The molecule has 1 saturated heterocycles. The summed E-state index contributed by atoms with van der Waals surface area (Å²) >= 11 is 11.8. The molecule has 0 bridgehead atoms. The van der Waals surface area contributed by atoms with E-state index in [1.54, 1.807) is 18.2 Å². The maximum absolute atomic E-state index is 12.0. The maximum atomic E-state index is 12.0. The summed E-state index contributed by atoms with van der Waals surface area (Å²) in [5.74, 6) is -0.184. The Morgan fingerprint density at radius 3 is 3.00 bits per heavy atom. The van der Waals surface area contributed by atoms with Gasteiger partial charge >= 0.3 is 0 Å². The minimum atomic E-state index is -0.184. The predicted molar refractivity (Wildman–Crippen MR) is 80.6 cm³/mol. The standard InChI is InChI=1S/C14H18Cl2N2O2/c1-18-6-7-20-11(9-18)4-5-17-14(19)12-3-2-10(15)8-13(12)16/h2-3,8,11H,4-7,9H2,1H3,(H,17,19). The molecular formula is C14H18Cl2N2O2. The summed E-state index contributed by atoms with van der Waals surface area (Å²) in [5.41, 5.74) is 0.442. The summed E-state index contributed by atoms with van der Waals surface area (Å²) in [5, 5.41) is 3.74. The van der Waals surface area contributed by atoms with Gasteiger partial charge in [0, 0.05) is 24.7 Å². The number of carbonyl (C=O) groups excluding carboxylic acids is 1. The van der Waals surface area contributed by atoms with Crippen LogP contribution in [0.4, 0.5) is 0 Å². The first-order chi connectivity index (χ1) is 9.56. The second-order valence-electron chi connectivity index (χ2n) is 4.92. The Morgan fingerprint density at radius 2 is 2.30 bits per heavy atom. The largest absolute Gasteiger partial charge is 0.375 e. The van der Waals surface area contributed by atoms with Crippen molar-refractivity contribution in [2.24, 2.45) is 0 Å². The number of rotatable bonds is 4. The third-order valence-corrected chi connectivity index (χ3v) is 3.82. The third kappa shape index (κ3) is 4.35. The van der Waals surface area contributed by atoms with Crippen LogP contribution in [0.1, 0.15) is 16.8 Å². The molecule has 20 heavy (non-hydrogen) atoms. The van der Waals surface area contributed by atoms with Gasteiger partial charge in [0.25, 0.3) is 5.91 Å². The summed E-state index contributed by atoms with van der Waals surface area (Å²) in [6, 6.07) is 4.85. The number of ether oxygens (including phenoxy) is 1. The van der Waals surface area contributed by atoms with Crippen molar-refractivity contribution >= 4 is 29.1 Å². The monoisotopic (exact) mass is 316 g/mol. The molecular weight excluding hydrogens is 299 g/mol. The van der Waals surface area contributed by atoms with Crippen molar-refractivity contribution in [1.29, 1.82) is 0 Å². The predicted octanol–water partition coefficient (Wildman–Crippen LogP) is 2.44. The van der Waals surface area contributed by atoms with Crippen molar-refractivity contribution in [3.8, 4) is 0 Å². The first-order valence-corrected chi connectivity index (χ1v) is 7.35. The van der Waals surface area contributed by atoms with E-state index in [1.807, 2.05) is 0 Å². The molecule has 1 fully saturated rings. The number of hydrogen-bond acceptors (Lipinski definition) is 3. The molecule has 1 aliphatic rings. The Morgan fingerprint density at radius 1 is 1.50 bits per heavy atom. The van der Waals surface area contributed by atoms with Crippen LogP contribution in [0.2, 0.25) is 10.0 Å². The Hall–Kier alpha value is -0.810. The molecule has 1 aliphatic heterocycles. The lowest BCUT2D eigenvalue weighted by Crippen LogP contribution is -2.41. The van der Waals surface area contributed by atoms with Crippen LogP contribution in [-0.4, -0.2) is 50.2 Å². The van der Waals surface area contributed by atoms with Gasteiger partial charge in [0.1, 0.15) is 0 Å². The fourth-order valence-corrected chi connectivity index (χ4v) is 2.65. The highest BCUT2D eigenvalue weighted by molar-refractivity contribution is 6.36. The van der Waals surface area contributed by atoms with E-state index in [1.165, 1.54) is 0 Å². The number of morpholine rings is 1. The van der Waals surface area contributed by atoms with Gasteiger partial charge in [0.2, 0.25) is 0 Å². The number of nitrogens with one attached hydrogen (secondary N) is 1. The zero-order chi connectivity index (χ0) is 14.5. The Labute approximate surface area is 129 Å². The van der Waals surface area contributed by atoms with Crippen LogP contribution in [0.5, 0.6) is 0 Å². The highest BCUT2D eigenvalue weighted by Crippen LogP contribution is 2.20. The van der Waals surface area contributed by atoms with Crippen molar-refractivity contribution in [3.05, 3.63) is 33.8 Å². The zero-order valence-corrected chi connectivity index (χ0v) is 12.9. The van der Waals surface area contributed by atoms with Gasteiger partial charge in [-0.3, -0.25) is 4.79 Å². The fourth-order valence-electron chi connectivity index (χ4n) is 2.16. The Bertz CT molecular complexity index is 482. The van der Waals surface area contributed by atoms with E-state index in [-0.39, 0.29) is 12.0 Å². The van der Waals surface area contributed by atoms with E-state index in [4.69, 9.17) is 27.9 Å². The summed E-state index contributed by atoms with van der Waals surface area (Å²) in [6.45, 7) is 3.18. The average molecular weight is 317 g/mol. The third-order valence-electron chi connectivity index (χ3n) is 3.27. The molecule has 1 unspecified atom stereocenters. The number of halogens is 2. The van der Waals surface area contributed by atoms with Crippen molar-refractivity contribution < 1.29 is 9.53 Å². The van der Waals surface area contributed by atoms with Crippen molar-refractivity contribution in [2.45, 2.75) is 12.5 Å². The first kappa shape index (κ1) is 15.6. The van der Waals surface area contributed by atoms with Crippen molar-refractivity contribution in [1.82, 2.24) is 10.2 Å². The van der Waals surface area contributed by atoms with Crippen molar-refractivity contribution in [2.75, 3.05) is 33.3 Å². The number of carbonyl (C=O) groups is 1. The summed E-state index contributed by atoms with van der Waals surface area (Å²) < 4.78 is 5.64. The van der Waals surface area contributed by atoms with Gasteiger partial charge in [-0.15, -0.1) is 0 Å². The molecule has 0 aliphatic carbocycles. The highest BCUT2D eigenvalue weighted by Gasteiger charge is 2.18. The smallest absolute Gasteiger partial charge is 0.252 e. The molecule has 1 aromatic rings. The topological polar surface area (TPSA) is 41.6 Å². The number of amides is 1. The van der Waals surface area contributed by atoms with E-state index >= 15 is 0 Å². The number of likely N-dealkylation sites (N-methyl/N-ethyl adjacent to an activating group) is 1. The summed E-state index contributed by atoms with van der Waals surface area (Å²) in [6.07, 6.45) is 0.969. The van der Waals surface area contributed by atoms with Gasteiger partial charge < -0.3 is 15.0 Å².